The second-order valence-electron chi connectivity index (χ2n) is 3.52. The van der Waals surface area contributed by atoms with E-state index in [9.17, 15) is 0 Å². The van der Waals surface area contributed by atoms with Crippen molar-refractivity contribution < 1.29 is 0 Å². The number of rotatable bonds is 3. The first kappa shape index (κ1) is 12.1. The number of anilines is 1. The Hall–Kier alpha value is -0.320. The van der Waals surface area contributed by atoms with Crippen LogP contribution in [0.4, 0.5) is 5.69 Å². The Kier molecular flexibility index (Phi) is 4.05. The standard InChI is InChI=1S/C12H11Br2NS/c1-8(11-5-6-12(14)16-11)15-10-4-2-3-9(13)7-10/h2-8,15H,1H3. The van der Waals surface area contributed by atoms with Crippen LogP contribution in [0, 0.1) is 0 Å². The molecule has 0 radical (unpaired) electrons. The molecule has 4 heteroatoms. The summed E-state index contributed by atoms with van der Waals surface area (Å²) in [4.78, 5) is 1.33. The minimum absolute atomic E-state index is 0.325. The molecule has 0 amide bonds. The highest BCUT2D eigenvalue weighted by molar-refractivity contribution is 9.11. The molecule has 0 fully saturated rings. The van der Waals surface area contributed by atoms with Crippen LogP contribution in [0.2, 0.25) is 0 Å². The zero-order valence-corrected chi connectivity index (χ0v) is 12.7. The van der Waals surface area contributed by atoms with Crippen molar-refractivity contribution in [1.82, 2.24) is 0 Å². The number of benzene rings is 1. The highest BCUT2D eigenvalue weighted by atomic mass is 79.9. The SMILES string of the molecule is CC(Nc1cccc(Br)c1)c1ccc(Br)s1. The first-order chi connectivity index (χ1) is 7.65. The molecule has 84 valence electrons. The van der Waals surface area contributed by atoms with Crippen molar-refractivity contribution in [3.63, 3.8) is 0 Å². The first-order valence-corrected chi connectivity index (χ1v) is 7.33. The van der Waals surface area contributed by atoms with Crippen molar-refractivity contribution in [2.24, 2.45) is 0 Å². The van der Waals surface area contributed by atoms with Crippen LogP contribution in [0.25, 0.3) is 0 Å². The summed E-state index contributed by atoms with van der Waals surface area (Å²) in [5.74, 6) is 0. The average molecular weight is 361 g/mol. The van der Waals surface area contributed by atoms with E-state index in [2.05, 4.69) is 68.4 Å². The Morgan fingerprint density at radius 3 is 2.62 bits per heavy atom. The van der Waals surface area contributed by atoms with Crippen LogP contribution < -0.4 is 5.32 Å². The van der Waals surface area contributed by atoms with Crippen molar-refractivity contribution in [3.05, 3.63) is 49.5 Å². The van der Waals surface area contributed by atoms with E-state index in [-0.39, 0.29) is 0 Å². The third-order valence-electron chi connectivity index (χ3n) is 2.23. The average Bonchev–Trinajstić information content (AvgIpc) is 2.65. The van der Waals surface area contributed by atoms with Gasteiger partial charge < -0.3 is 5.32 Å². The largest absolute Gasteiger partial charge is 0.378 e. The normalized spacial score (nSPS) is 12.4. The van der Waals surface area contributed by atoms with E-state index in [1.165, 1.54) is 8.66 Å². The van der Waals surface area contributed by atoms with Crippen LogP contribution in [-0.2, 0) is 0 Å². The third-order valence-corrected chi connectivity index (χ3v) is 4.53. The fourth-order valence-electron chi connectivity index (χ4n) is 1.46. The van der Waals surface area contributed by atoms with Gasteiger partial charge in [0, 0.05) is 15.0 Å². The number of hydrogen-bond donors (Lipinski definition) is 1. The van der Waals surface area contributed by atoms with Gasteiger partial charge in [-0.2, -0.15) is 0 Å². The second-order valence-corrected chi connectivity index (χ2v) is 6.93. The van der Waals surface area contributed by atoms with Crippen molar-refractivity contribution in [2.75, 3.05) is 5.32 Å². The van der Waals surface area contributed by atoms with Crippen LogP contribution in [-0.4, -0.2) is 0 Å². The molecule has 0 bridgehead atoms. The summed E-state index contributed by atoms with van der Waals surface area (Å²) < 4.78 is 2.27. The predicted molar refractivity (Wildman–Crippen MR) is 78.2 cm³/mol. The van der Waals surface area contributed by atoms with Crippen molar-refractivity contribution in [3.8, 4) is 0 Å². The van der Waals surface area contributed by atoms with E-state index in [4.69, 9.17) is 0 Å². The topological polar surface area (TPSA) is 12.0 Å². The summed E-state index contributed by atoms with van der Waals surface area (Å²) in [6.45, 7) is 2.17. The van der Waals surface area contributed by atoms with Crippen LogP contribution in [0.1, 0.15) is 17.8 Å². The number of nitrogens with one attached hydrogen (secondary N) is 1. The lowest BCUT2D eigenvalue weighted by Crippen LogP contribution is -2.04. The molecule has 0 spiro atoms. The minimum Gasteiger partial charge on any atom is -0.378 e. The molecule has 1 N–H and O–H groups in total. The molecule has 0 aliphatic carbocycles. The Labute approximate surface area is 116 Å². The zero-order valence-electron chi connectivity index (χ0n) is 8.71. The van der Waals surface area contributed by atoms with Crippen molar-refractivity contribution >= 4 is 48.9 Å². The van der Waals surface area contributed by atoms with E-state index in [1.807, 2.05) is 12.1 Å². The fourth-order valence-corrected chi connectivity index (χ4v) is 3.29. The monoisotopic (exact) mass is 359 g/mol. The molecule has 16 heavy (non-hydrogen) atoms. The molecule has 1 unspecified atom stereocenters. The third kappa shape index (κ3) is 3.09. The van der Waals surface area contributed by atoms with Gasteiger partial charge in [-0.25, -0.2) is 0 Å². The second kappa shape index (κ2) is 5.34. The molecule has 1 aromatic heterocycles. The van der Waals surface area contributed by atoms with Gasteiger partial charge in [-0.1, -0.05) is 22.0 Å². The fraction of sp³-hybridized carbons (Fsp3) is 0.167. The maximum absolute atomic E-state index is 3.48. The van der Waals surface area contributed by atoms with Gasteiger partial charge in [0.05, 0.1) is 9.83 Å². The summed E-state index contributed by atoms with van der Waals surface area (Å²) in [5.41, 5.74) is 1.13. The van der Waals surface area contributed by atoms with Gasteiger partial charge in [0.1, 0.15) is 0 Å². The van der Waals surface area contributed by atoms with E-state index in [1.54, 1.807) is 11.3 Å². The summed E-state index contributed by atoms with van der Waals surface area (Å²) in [5, 5.41) is 3.47. The van der Waals surface area contributed by atoms with E-state index in [0.717, 1.165) is 10.2 Å². The Morgan fingerprint density at radius 2 is 2.00 bits per heavy atom. The molecule has 1 atom stereocenters. The Bertz CT molecular complexity index is 481. The highest BCUT2D eigenvalue weighted by Crippen LogP contribution is 2.29. The quantitative estimate of drug-likeness (QED) is 0.767. The predicted octanol–water partition coefficient (Wildman–Crippen LogP) is 5.45. The molecule has 2 aromatic rings. The molecule has 0 saturated heterocycles. The molecule has 1 nitrogen and oxygen atoms in total. The van der Waals surface area contributed by atoms with Crippen LogP contribution in [0.3, 0.4) is 0 Å². The van der Waals surface area contributed by atoms with E-state index < -0.39 is 0 Å². The maximum atomic E-state index is 3.48. The molecule has 0 aliphatic heterocycles. The number of halogens is 2. The smallest absolute Gasteiger partial charge is 0.0702 e. The highest BCUT2D eigenvalue weighted by Gasteiger charge is 2.07. The van der Waals surface area contributed by atoms with Gasteiger partial charge in [-0.3, -0.25) is 0 Å². The lowest BCUT2D eigenvalue weighted by atomic mass is 10.2. The molecule has 2 rings (SSSR count). The van der Waals surface area contributed by atoms with Crippen LogP contribution >= 0.6 is 43.2 Å². The minimum atomic E-state index is 0.325. The van der Waals surface area contributed by atoms with Crippen molar-refractivity contribution in [1.29, 1.82) is 0 Å². The van der Waals surface area contributed by atoms with Gasteiger partial charge in [0.15, 0.2) is 0 Å². The van der Waals surface area contributed by atoms with Gasteiger partial charge >= 0.3 is 0 Å². The van der Waals surface area contributed by atoms with E-state index in [0.29, 0.717) is 6.04 Å². The lowest BCUT2D eigenvalue weighted by Gasteiger charge is -2.13. The zero-order chi connectivity index (χ0) is 11.5. The number of hydrogen-bond acceptors (Lipinski definition) is 2. The molecular formula is C12H11Br2NS. The van der Waals surface area contributed by atoms with Crippen LogP contribution in [0.5, 0.6) is 0 Å². The molecule has 0 aliphatic rings. The Morgan fingerprint density at radius 1 is 1.19 bits per heavy atom. The molecular weight excluding hydrogens is 350 g/mol. The Balaban J connectivity index is 2.10. The molecule has 0 saturated carbocycles. The van der Waals surface area contributed by atoms with E-state index >= 15 is 0 Å². The van der Waals surface area contributed by atoms with Gasteiger partial charge in [-0.05, 0) is 53.2 Å². The van der Waals surface area contributed by atoms with Crippen LogP contribution in [0.15, 0.2) is 44.7 Å². The van der Waals surface area contributed by atoms with Crippen molar-refractivity contribution in [2.45, 2.75) is 13.0 Å². The number of thiophene rings is 1. The van der Waals surface area contributed by atoms with Gasteiger partial charge in [-0.15, -0.1) is 11.3 Å². The maximum Gasteiger partial charge on any atom is 0.0702 e. The molecule has 1 heterocycles. The summed E-state index contributed by atoms with van der Waals surface area (Å²) in [6, 6.07) is 12.8. The van der Waals surface area contributed by atoms with Gasteiger partial charge in [0.25, 0.3) is 0 Å². The molecule has 1 aromatic carbocycles. The summed E-state index contributed by atoms with van der Waals surface area (Å²) in [7, 11) is 0. The first-order valence-electron chi connectivity index (χ1n) is 4.92. The lowest BCUT2D eigenvalue weighted by molar-refractivity contribution is 0.908. The van der Waals surface area contributed by atoms with Gasteiger partial charge in [0.2, 0.25) is 0 Å². The summed E-state index contributed by atoms with van der Waals surface area (Å²) in [6.07, 6.45) is 0. The summed E-state index contributed by atoms with van der Waals surface area (Å²) >= 11 is 8.71.